The molecule has 3 N–H and O–H groups in total. The average molecular weight is 418 g/mol. The Labute approximate surface area is 174 Å². The number of carbonyl (C=O) groups is 4. The molecule has 0 bridgehead atoms. The van der Waals surface area contributed by atoms with Gasteiger partial charge in [-0.2, -0.15) is 0 Å². The lowest BCUT2D eigenvalue weighted by atomic mass is 9.95. The van der Waals surface area contributed by atoms with Crippen molar-refractivity contribution in [1.29, 1.82) is 0 Å². The summed E-state index contributed by atoms with van der Waals surface area (Å²) in [6, 6.07) is 5.04. The molecule has 1 heterocycles. The summed E-state index contributed by atoms with van der Waals surface area (Å²) in [6.07, 6.45) is 0. The van der Waals surface area contributed by atoms with E-state index in [0.29, 0.717) is 22.5 Å². The molecule has 1 aromatic rings. The van der Waals surface area contributed by atoms with Crippen molar-refractivity contribution in [3.63, 3.8) is 0 Å². The number of hydrogen-bond donors (Lipinski definition) is 3. The van der Waals surface area contributed by atoms with Crippen LogP contribution in [0.1, 0.15) is 32.4 Å². The molecule has 0 aliphatic carbocycles. The number of anilines is 1. The predicted molar refractivity (Wildman–Crippen MR) is 108 cm³/mol. The number of benzene rings is 1. The van der Waals surface area contributed by atoms with E-state index < -0.39 is 24.0 Å². The van der Waals surface area contributed by atoms with Gasteiger partial charge in [0.25, 0.3) is 0 Å². The lowest BCUT2D eigenvalue weighted by Crippen LogP contribution is -2.46. The Balaban J connectivity index is 2.13. The number of amides is 4. The predicted octanol–water partition coefficient (Wildman–Crippen LogP) is 1.90. The third kappa shape index (κ3) is 5.49. The molecule has 0 saturated heterocycles. The Hall–Kier alpha value is -3.56. The molecule has 1 aliphatic rings. The fraction of sp³-hybridized carbons (Fsp3) is 0.400. The van der Waals surface area contributed by atoms with Crippen LogP contribution in [-0.2, 0) is 19.1 Å². The monoisotopic (exact) mass is 418 g/mol. The number of esters is 2. The minimum atomic E-state index is -0.681. The maximum absolute atomic E-state index is 12.5. The number of rotatable bonds is 7. The molecule has 10 heteroatoms. The highest BCUT2D eigenvalue weighted by Crippen LogP contribution is 2.31. The summed E-state index contributed by atoms with van der Waals surface area (Å²) in [6.45, 7) is 5.27. The highest BCUT2D eigenvalue weighted by atomic mass is 16.5. The van der Waals surface area contributed by atoms with Crippen molar-refractivity contribution in [2.45, 2.75) is 26.8 Å². The molecule has 10 nitrogen and oxygen atoms in total. The van der Waals surface area contributed by atoms with Gasteiger partial charge >= 0.3 is 24.0 Å². The SMILES string of the molecule is CCOC(=O)CNC(=O)Nc1ccc([C@H]2NC(=O)N(C)C(C)=C2C(=O)OCC)cc1. The minimum absolute atomic E-state index is 0.212. The van der Waals surface area contributed by atoms with Gasteiger partial charge in [0.15, 0.2) is 0 Å². The van der Waals surface area contributed by atoms with Gasteiger partial charge in [0, 0.05) is 18.4 Å². The van der Waals surface area contributed by atoms with Gasteiger partial charge in [0.1, 0.15) is 6.54 Å². The molecule has 1 aromatic carbocycles. The Bertz CT molecular complexity index is 849. The number of ether oxygens (including phenoxy) is 2. The van der Waals surface area contributed by atoms with E-state index in [-0.39, 0.29) is 25.8 Å². The number of carbonyl (C=O) groups excluding carboxylic acids is 4. The van der Waals surface area contributed by atoms with Gasteiger partial charge < -0.3 is 30.3 Å². The Morgan fingerprint density at radius 1 is 1.10 bits per heavy atom. The smallest absolute Gasteiger partial charge is 0.338 e. The van der Waals surface area contributed by atoms with Crippen LogP contribution in [0.25, 0.3) is 0 Å². The van der Waals surface area contributed by atoms with E-state index in [1.165, 1.54) is 4.90 Å². The van der Waals surface area contributed by atoms with E-state index in [1.807, 2.05) is 0 Å². The third-order valence-corrected chi connectivity index (χ3v) is 4.45. The molecular weight excluding hydrogens is 392 g/mol. The van der Waals surface area contributed by atoms with E-state index in [1.54, 1.807) is 52.1 Å². The summed E-state index contributed by atoms with van der Waals surface area (Å²) in [5.74, 6) is -1.04. The molecule has 30 heavy (non-hydrogen) atoms. The molecule has 4 amide bonds. The van der Waals surface area contributed by atoms with Crippen molar-refractivity contribution < 1.29 is 28.7 Å². The van der Waals surface area contributed by atoms with Gasteiger partial charge in [0.05, 0.1) is 24.8 Å². The maximum atomic E-state index is 12.5. The van der Waals surface area contributed by atoms with Gasteiger partial charge in [-0.05, 0) is 38.5 Å². The van der Waals surface area contributed by atoms with E-state index in [0.717, 1.165) is 0 Å². The lowest BCUT2D eigenvalue weighted by molar-refractivity contribution is -0.142. The van der Waals surface area contributed by atoms with E-state index in [2.05, 4.69) is 16.0 Å². The number of nitrogens with zero attached hydrogens (tertiary/aromatic N) is 1. The van der Waals surface area contributed by atoms with Gasteiger partial charge in [-0.3, -0.25) is 4.79 Å². The number of allylic oxidation sites excluding steroid dienone is 1. The van der Waals surface area contributed by atoms with Gasteiger partial charge in [-0.25, -0.2) is 14.4 Å². The first-order valence-electron chi connectivity index (χ1n) is 9.51. The third-order valence-electron chi connectivity index (χ3n) is 4.45. The van der Waals surface area contributed by atoms with Crippen LogP contribution in [-0.4, -0.2) is 55.7 Å². The first-order valence-corrected chi connectivity index (χ1v) is 9.51. The van der Waals surface area contributed by atoms with Crippen molar-refractivity contribution in [3.8, 4) is 0 Å². The summed E-state index contributed by atoms with van der Waals surface area (Å²) in [5, 5.41) is 7.77. The second-order valence-corrected chi connectivity index (χ2v) is 6.40. The van der Waals surface area contributed by atoms with E-state index in [4.69, 9.17) is 9.47 Å². The molecule has 0 saturated carbocycles. The van der Waals surface area contributed by atoms with Gasteiger partial charge in [-0.15, -0.1) is 0 Å². The van der Waals surface area contributed by atoms with Crippen LogP contribution in [0.4, 0.5) is 15.3 Å². The van der Waals surface area contributed by atoms with Crippen molar-refractivity contribution in [3.05, 3.63) is 41.1 Å². The topological polar surface area (TPSA) is 126 Å². The van der Waals surface area contributed by atoms with Gasteiger partial charge in [-0.1, -0.05) is 12.1 Å². The fourth-order valence-electron chi connectivity index (χ4n) is 2.86. The summed E-state index contributed by atoms with van der Waals surface area (Å²) in [4.78, 5) is 49.2. The Kier molecular flexibility index (Phi) is 7.79. The average Bonchev–Trinajstić information content (AvgIpc) is 2.71. The highest BCUT2D eigenvalue weighted by molar-refractivity contribution is 5.95. The van der Waals surface area contributed by atoms with Crippen LogP contribution in [0.5, 0.6) is 0 Å². The quantitative estimate of drug-likeness (QED) is 0.581. The number of nitrogens with one attached hydrogen (secondary N) is 3. The molecule has 1 atom stereocenters. The van der Waals surface area contributed by atoms with Gasteiger partial charge in [0.2, 0.25) is 0 Å². The number of hydrogen-bond acceptors (Lipinski definition) is 6. The van der Waals surface area contributed by atoms with Crippen molar-refractivity contribution in [1.82, 2.24) is 15.5 Å². The molecule has 0 unspecified atom stereocenters. The zero-order valence-corrected chi connectivity index (χ0v) is 17.4. The zero-order chi connectivity index (χ0) is 22.3. The molecule has 2 rings (SSSR count). The zero-order valence-electron chi connectivity index (χ0n) is 17.4. The van der Waals surface area contributed by atoms with Crippen LogP contribution >= 0.6 is 0 Å². The highest BCUT2D eigenvalue weighted by Gasteiger charge is 2.34. The Morgan fingerprint density at radius 3 is 2.33 bits per heavy atom. The van der Waals surface area contributed by atoms with Crippen LogP contribution in [0.3, 0.4) is 0 Å². The maximum Gasteiger partial charge on any atom is 0.338 e. The van der Waals surface area contributed by atoms with Crippen LogP contribution in [0.2, 0.25) is 0 Å². The molecular formula is C20H26N4O6. The summed E-state index contributed by atoms with van der Waals surface area (Å²) < 4.78 is 9.88. The van der Waals surface area contributed by atoms with Crippen LogP contribution < -0.4 is 16.0 Å². The molecule has 0 aromatic heterocycles. The molecule has 0 fully saturated rings. The summed E-state index contributed by atoms with van der Waals surface area (Å²) >= 11 is 0. The first-order chi connectivity index (χ1) is 14.3. The first kappa shape index (κ1) is 22.7. The molecule has 162 valence electrons. The molecule has 0 radical (unpaired) electrons. The normalized spacial score (nSPS) is 15.9. The van der Waals surface area contributed by atoms with Crippen molar-refractivity contribution >= 4 is 29.7 Å². The molecule has 1 aliphatic heterocycles. The standard InChI is InChI=1S/C20H26N4O6/c1-5-29-15(25)11-21-19(27)22-14-9-7-13(8-10-14)17-16(18(26)30-6-2)12(3)24(4)20(28)23-17/h7-10,17H,5-6,11H2,1-4H3,(H,23,28)(H2,21,22,27)/t17-/m1/s1. The molecule has 0 spiro atoms. The number of urea groups is 2. The Morgan fingerprint density at radius 2 is 1.73 bits per heavy atom. The second-order valence-electron chi connectivity index (χ2n) is 6.40. The van der Waals surface area contributed by atoms with E-state index in [9.17, 15) is 19.2 Å². The van der Waals surface area contributed by atoms with Crippen LogP contribution in [0.15, 0.2) is 35.5 Å². The second kappa shape index (κ2) is 10.3. The lowest BCUT2D eigenvalue weighted by Gasteiger charge is -2.33. The largest absolute Gasteiger partial charge is 0.465 e. The van der Waals surface area contributed by atoms with Crippen molar-refractivity contribution in [2.24, 2.45) is 0 Å². The van der Waals surface area contributed by atoms with Crippen LogP contribution in [0, 0.1) is 0 Å². The minimum Gasteiger partial charge on any atom is -0.465 e. The summed E-state index contributed by atoms with van der Waals surface area (Å²) in [7, 11) is 1.57. The van der Waals surface area contributed by atoms with E-state index >= 15 is 0 Å². The summed E-state index contributed by atoms with van der Waals surface area (Å²) in [5.41, 5.74) is 1.96. The van der Waals surface area contributed by atoms with Crippen molar-refractivity contribution in [2.75, 3.05) is 32.1 Å². The fourth-order valence-corrected chi connectivity index (χ4v) is 2.86.